The average Bonchev–Trinajstić information content (AvgIpc) is 2.66. The molecule has 0 saturated heterocycles. The predicted molar refractivity (Wildman–Crippen MR) is 106 cm³/mol. The first kappa shape index (κ1) is 20.5. The molecule has 6 heteroatoms. The fraction of sp³-hybridized carbons (Fsp3) is 0.333. The molecule has 0 spiro atoms. The maximum atomic E-state index is 12.1. The first-order chi connectivity index (χ1) is 13.1. The molecule has 2 rings (SSSR count). The monoisotopic (exact) mass is 370 g/mol. The minimum absolute atomic E-state index is 0.0398. The summed E-state index contributed by atoms with van der Waals surface area (Å²) in [5, 5.41) is 5.65. The van der Waals surface area contributed by atoms with Gasteiger partial charge in [0, 0.05) is 12.2 Å². The third-order valence-electron chi connectivity index (χ3n) is 3.88. The van der Waals surface area contributed by atoms with E-state index in [-0.39, 0.29) is 24.9 Å². The van der Waals surface area contributed by atoms with Gasteiger partial charge in [-0.25, -0.2) is 0 Å². The van der Waals surface area contributed by atoms with Crippen molar-refractivity contribution in [2.45, 2.75) is 20.0 Å². The van der Waals surface area contributed by atoms with E-state index in [4.69, 9.17) is 4.74 Å². The Kier molecular flexibility index (Phi) is 8.32. The lowest BCUT2D eigenvalue weighted by Crippen LogP contribution is -3.11. The van der Waals surface area contributed by atoms with Crippen LogP contribution in [0.4, 0.5) is 5.69 Å². The van der Waals surface area contributed by atoms with E-state index in [9.17, 15) is 9.59 Å². The van der Waals surface area contributed by atoms with Crippen molar-refractivity contribution < 1.29 is 19.2 Å². The maximum Gasteiger partial charge on any atom is 0.279 e. The van der Waals surface area contributed by atoms with Gasteiger partial charge in [-0.05, 0) is 36.2 Å². The van der Waals surface area contributed by atoms with Gasteiger partial charge < -0.3 is 20.3 Å². The van der Waals surface area contributed by atoms with Crippen LogP contribution in [0.5, 0.6) is 5.75 Å². The quantitative estimate of drug-likeness (QED) is 0.589. The van der Waals surface area contributed by atoms with Gasteiger partial charge in [0.25, 0.3) is 11.8 Å². The van der Waals surface area contributed by atoms with E-state index < -0.39 is 0 Å². The second-order valence-corrected chi connectivity index (χ2v) is 6.51. The van der Waals surface area contributed by atoms with Gasteiger partial charge in [0.2, 0.25) is 0 Å². The molecule has 0 aliphatic carbocycles. The van der Waals surface area contributed by atoms with Crippen LogP contribution in [-0.2, 0) is 16.2 Å². The van der Waals surface area contributed by atoms with Crippen LogP contribution in [0.2, 0.25) is 0 Å². The largest absolute Gasteiger partial charge is 0.489 e. The predicted octanol–water partition coefficient (Wildman–Crippen LogP) is 1.25. The Balaban J connectivity index is 1.74. The molecule has 0 fully saturated rings. The number of anilines is 1. The van der Waals surface area contributed by atoms with Gasteiger partial charge in [0.1, 0.15) is 12.4 Å². The molecule has 0 aliphatic heterocycles. The van der Waals surface area contributed by atoms with Crippen LogP contribution in [-0.4, -0.2) is 38.5 Å². The van der Waals surface area contributed by atoms with Crippen LogP contribution >= 0.6 is 0 Å². The number of carbonyl (C=O) groups excluding carboxylic acids is 2. The van der Waals surface area contributed by atoms with E-state index in [0.29, 0.717) is 18.8 Å². The van der Waals surface area contributed by atoms with E-state index in [1.54, 1.807) is 0 Å². The molecule has 0 saturated carbocycles. The van der Waals surface area contributed by atoms with Gasteiger partial charge in [-0.1, -0.05) is 37.3 Å². The molecule has 0 bridgehead atoms. The highest BCUT2D eigenvalue weighted by atomic mass is 16.5. The highest BCUT2D eigenvalue weighted by Gasteiger charge is 2.13. The third kappa shape index (κ3) is 7.92. The average molecular weight is 370 g/mol. The fourth-order valence-electron chi connectivity index (χ4n) is 2.52. The summed E-state index contributed by atoms with van der Waals surface area (Å²) in [5.41, 5.74) is 1.80. The van der Waals surface area contributed by atoms with Crippen molar-refractivity contribution in [2.24, 2.45) is 0 Å². The molecule has 1 unspecified atom stereocenters. The number of ether oxygens (including phenoxy) is 1. The number of amides is 2. The summed E-state index contributed by atoms with van der Waals surface area (Å²) in [6.45, 7) is 3.67. The van der Waals surface area contributed by atoms with Crippen LogP contribution < -0.4 is 20.3 Å². The second-order valence-electron chi connectivity index (χ2n) is 6.51. The molecule has 0 heterocycles. The lowest BCUT2D eigenvalue weighted by molar-refractivity contribution is -0.862. The molecule has 3 N–H and O–H groups in total. The highest BCUT2D eigenvalue weighted by molar-refractivity contribution is 5.91. The number of carbonyl (C=O) groups is 2. The van der Waals surface area contributed by atoms with Crippen LogP contribution in [0.25, 0.3) is 0 Å². The molecule has 0 aliphatic rings. The Bertz CT molecular complexity index is 717. The first-order valence-corrected chi connectivity index (χ1v) is 9.21. The van der Waals surface area contributed by atoms with Crippen LogP contribution in [0.1, 0.15) is 18.9 Å². The first-order valence-electron chi connectivity index (χ1n) is 9.21. The number of benzene rings is 2. The molecule has 2 aromatic carbocycles. The Hall–Kier alpha value is -2.86. The van der Waals surface area contributed by atoms with Crippen LogP contribution in [0.15, 0.2) is 54.6 Å². The molecule has 0 aromatic heterocycles. The van der Waals surface area contributed by atoms with Crippen molar-refractivity contribution in [3.63, 3.8) is 0 Å². The Morgan fingerprint density at radius 2 is 1.63 bits per heavy atom. The molecule has 1 atom stereocenters. The zero-order valence-corrected chi connectivity index (χ0v) is 16.0. The summed E-state index contributed by atoms with van der Waals surface area (Å²) in [7, 11) is 1.83. The van der Waals surface area contributed by atoms with E-state index in [2.05, 4.69) is 10.6 Å². The van der Waals surface area contributed by atoms with Crippen molar-refractivity contribution in [3.8, 4) is 5.75 Å². The normalized spacial score (nSPS) is 11.5. The molecule has 0 radical (unpaired) electrons. The lowest BCUT2D eigenvalue weighted by Gasteiger charge is -2.14. The number of quaternary nitrogens is 1. The van der Waals surface area contributed by atoms with Crippen molar-refractivity contribution in [3.05, 3.63) is 60.2 Å². The molecule has 2 amide bonds. The molecular formula is C21H28N3O3+. The summed E-state index contributed by atoms with van der Waals surface area (Å²) < 4.78 is 5.73. The van der Waals surface area contributed by atoms with E-state index in [1.165, 1.54) is 0 Å². The minimum atomic E-state index is -0.131. The molecule has 27 heavy (non-hydrogen) atoms. The van der Waals surface area contributed by atoms with Crippen LogP contribution in [0, 0.1) is 0 Å². The maximum absolute atomic E-state index is 12.1. The van der Waals surface area contributed by atoms with E-state index in [1.807, 2.05) is 68.6 Å². The molecule has 6 nitrogen and oxygen atoms in total. The summed E-state index contributed by atoms with van der Waals surface area (Å²) >= 11 is 0. The Morgan fingerprint density at radius 1 is 0.963 bits per heavy atom. The van der Waals surface area contributed by atoms with E-state index in [0.717, 1.165) is 22.6 Å². The lowest BCUT2D eigenvalue weighted by atomic mass is 10.2. The van der Waals surface area contributed by atoms with Gasteiger partial charge in [-0.15, -0.1) is 0 Å². The zero-order chi connectivity index (χ0) is 19.5. The number of nitrogens with one attached hydrogen (secondary N) is 3. The minimum Gasteiger partial charge on any atom is -0.489 e. The van der Waals surface area contributed by atoms with Crippen molar-refractivity contribution in [1.29, 1.82) is 0 Å². The molecular weight excluding hydrogens is 342 g/mol. The summed E-state index contributed by atoms with van der Waals surface area (Å²) in [5.74, 6) is 0.572. The number of rotatable bonds is 10. The SMILES string of the molecule is CCCNC(=O)C[NH+](C)CC(=O)Nc1ccc(OCc2ccccc2)cc1. The second kappa shape index (κ2) is 11.0. The fourth-order valence-corrected chi connectivity index (χ4v) is 2.52. The topological polar surface area (TPSA) is 71.9 Å². The number of hydrogen-bond acceptors (Lipinski definition) is 3. The zero-order valence-electron chi connectivity index (χ0n) is 16.0. The van der Waals surface area contributed by atoms with Gasteiger partial charge in [-0.2, -0.15) is 0 Å². The number of likely N-dealkylation sites (N-methyl/N-ethyl adjacent to an activating group) is 1. The summed E-state index contributed by atoms with van der Waals surface area (Å²) in [4.78, 5) is 24.6. The summed E-state index contributed by atoms with van der Waals surface area (Å²) in [6, 6.07) is 17.2. The summed E-state index contributed by atoms with van der Waals surface area (Å²) in [6.07, 6.45) is 0.899. The standard InChI is InChI=1S/C21H27N3O3/c1-3-13-22-20(25)14-24(2)15-21(26)23-18-9-11-19(12-10-18)27-16-17-7-5-4-6-8-17/h4-12H,3,13-16H2,1-2H3,(H,22,25)(H,23,26)/p+1. The van der Waals surface area contributed by atoms with Crippen molar-refractivity contribution >= 4 is 17.5 Å². The van der Waals surface area contributed by atoms with Crippen LogP contribution in [0.3, 0.4) is 0 Å². The van der Waals surface area contributed by atoms with Crippen molar-refractivity contribution in [1.82, 2.24) is 5.32 Å². The van der Waals surface area contributed by atoms with Crippen molar-refractivity contribution in [2.75, 3.05) is 32.0 Å². The van der Waals surface area contributed by atoms with Gasteiger partial charge >= 0.3 is 0 Å². The highest BCUT2D eigenvalue weighted by Crippen LogP contribution is 2.16. The molecule has 2 aromatic rings. The van der Waals surface area contributed by atoms with Gasteiger partial charge in [0.05, 0.1) is 7.05 Å². The Labute approximate surface area is 160 Å². The Morgan fingerprint density at radius 3 is 2.30 bits per heavy atom. The van der Waals surface area contributed by atoms with Gasteiger partial charge in [-0.3, -0.25) is 9.59 Å². The van der Waals surface area contributed by atoms with E-state index >= 15 is 0 Å². The smallest absolute Gasteiger partial charge is 0.279 e. The van der Waals surface area contributed by atoms with Gasteiger partial charge in [0.15, 0.2) is 13.1 Å². The third-order valence-corrected chi connectivity index (χ3v) is 3.88. The molecule has 144 valence electrons. The number of hydrogen-bond donors (Lipinski definition) is 3.